The molecule has 5 nitrogen and oxygen atoms in total. The number of sulfonamides is 1. The van der Waals surface area contributed by atoms with Gasteiger partial charge in [0.2, 0.25) is 10.0 Å². The molecule has 1 aromatic rings. The van der Waals surface area contributed by atoms with Crippen molar-refractivity contribution in [2.24, 2.45) is 0 Å². The van der Waals surface area contributed by atoms with Crippen LogP contribution in [-0.4, -0.2) is 37.0 Å². The second-order valence-electron chi connectivity index (χ2n) is 5.03. The molecule has 1 heterocycles. The lowest BCUT2D eigenvalue weighted by atomic mass is 10.1. The van der Waals surface area contributed by atoms with Crippen LogP contribution in [-0.2, 0) is 10.0 Å². The summed E-state index contributed by atoms with van der Waals surface area (Å²) in [6.07, 6.45) is 2.87. The third-order valence-corrected chi connectivity index (χ3v) is 5.95. The summed E-state index contributed by atoms with van der Waals surface area (Å²) in [5, 5.41) is 17.9. The highest BCUT2D eigenvalue weighted by molar-refractivity contribution is 7.89. The molecule has 7 heteroatoms. The Balaban J connectivity index is 2.29. The first kappa shape index (κ1) is 16.2. The summed E-state index contributed by atoms with van der Waals surface area (Å²) < 4.78 is 26.8. The van der Waals surface area contributed by atoms with Gasteiger partial charge < -0.3 is 5.11 Å². The maximum Gasteiger partial charge on any atom is 0.243 e. The fraction of sp³-hybridized carbons (Fsp3) is 0.500. The van der Waals surface area contributed by atoms with Gasteiger partial charge in [0, 0.05) is 19.2 Å². The van der Waals surface area contributed by atoms with Crippen molar-refractivity contribution in [2.45, 2.75) is 36.6 Å². The molecule has 1 fully saturated rings. The van der Waals surface area contributed by atoms with Crippen LogP contribution in [0, 0.1) is 11.3 Å². The molecule has 1 N–H and O–H groups in total. The van der Waals surface area contributed by atoms with E-state index in [4.69, 9.17) is 22.0 Å². The standard InChI is InChI=1S/C14H17ClN2O3S/c15-14-9-13(6-5-11(14)10-16)21(19,20)17-7-1-3-12(17)4-2-8-18/h5-6,9,12,18H,1-4,7-8H2. The van der Waals surface area contributed by atoms with Gasteiger partial charge in [-0.1, -0.05) is 11.6 Å². The number of rotatable bonds is 5. The maximum atomic E-state index is 12.7. The number of nitrogens with zero attached hydrogens (tertiary/aromatic N) is 2. The fourth-order valence-corrected chi connectivity index (χ4v) is 4.66. The van der Waals surface area contributed by atoms with E-state index >= 15 is 0 Å². The molecule has 0 radical (unpaired) electrons. The average molecular weight is 329 g/mol. The van der Waals surface area contributed by atoms with E-state index in [1.54, 1.807) is 0 Å². The number of halogens is 1. The zero-order valence-electron chi connectivity index (χ0n) is 11.5. The fourth-order valence-electron chi connectivity index (χ4n) is 2.62. The van der Waals surface area contributed by atoms with Gasteiger partial charge in [0.05, 0.1) is 15.5 Å². The largest absolute Gasteiger partial charge is 0.396 e. The number of hydrogen-bond acceptors (Lipinski definition) is 4. The molecule has 0 saturated carbocycles. The Kier molecular flexibility index (Phi) is 5.22. The summed E-state index contributed by atoms with van der Waals surface area (Å²) in [7, 11) is -3.61. The van der Waals surface area contributed by atoms with E-state index in [1.807, 2.05) is 6.07 Å². The summed E-state index contributed by atoms with van der Waals surface area (Å²) in [5.74, 6) is 0. The van der Waals surface area contributed by atoms with Crippen LogP contribution in [0.4, 0.5) is 0 Å². The van der Waals surface area contributed by atoms with Crippen LogP contribution in [0.1, 0.15) is 31.2 Å². The van der Waals surface area contributed by atoms with E-state index in [-0.39, 0.29) is 28.1 Å². The van der Waals surface area contributed by atoms with E-state index in [1.165, 1.54) is 22.5 Å². The lowest BCUT2D eigenvalue weighted by molar-refractivity contribution is 0.264. The normalized spacial score (nSPS) is 19.6. The lowest BCUT2D eigenvalue weighted by Gasteiger charge is -2.24. The summed E-state index contributed by atoms with van der Waals surface area (Å²) in [6.45, 7) is 0.545. The molecule has 0 aromatic heterocycles. The molecule has 0 aliphatic carbocycles. The van der Waals surface area contributed by atoms with Crippen LogP contribution in [0.3, 0.4) is 0 Å². The minimum atomic E-state index is -3.61. The van der Waals surface area contributed by atoms with Crippen LogP contribution >= 0.6 is 11.6 Å². The number of nitriles is 1. The molecule has 0 bridgehead atoms. The smallest absolute Gasteiger partial charge is 0.243 e. The third kappa shape index (κ3) is 3.38. The predicted molar refractivity (Wildman–Crippen MR) is 79.4 cm³/mol. The molecule has 0 amide bonds. The van der Waals surface area contributed by atoms with Gasteiger partial charge in [0.25, 0.3) is 0 Å². The summed E-state index contributed by atoms with van der Waals surface area (Å²) in [6, 6.07) is 6.01. The molecule has 2 rings (SSSR count). The first-order valence-electron chi connectivity index (χ1n) is 6.83. The first-order valence-corrected chi connectivity index (χ1v) is 8.65. The van der Waals surface area contributed by atoms with Crippen molar-refractivity contribution in [3.63, 3.8) is 0 Å². The second-order valence-corrected chi connectivity index (χ2v) is 7.33. The monoisotopic (exact) mass is 328 g/mol. The molecular formula is C14H17ClN2O3S. The topological polar surface area (TPSA) is 81.4 Å². The zero-order chi connectivity index (χ0) is 15.5. The lowest BCUT2D eigenvalue weighted by Crippen LogP contribution is -2.35. The third-order valence-electron chi connectivity index (χ3n) is 3.69. The molecular weight excluding hydrogens is 312 g/mol. The van der Waals surface area contributed by atoms with Crippen LogP contribution in [0.2, 0.25) is 5.02 Å². The Hall–Kier alpha value is -1.13. The number of aliphatic hydroxyl groups excluding tert-OH is 1. The first-order chi connectivity index (χ1) is 10.0. The Morgan fingerprint density at radius 2 is 2.24 bits per heavy atom. The van der Waals surface area contributed by atoms with Crippen LogP contribution < -0.4 is 0 Å². The van der Waals surface area contributed by atoms with Gasteiger partial charge in [-0.05, 0) is 43.9 Å². The minimum Gasteiger partial charge on any atom is -0.396 e. The van der Waals surface area contributed by atoms with Crippen molar-refractivity contribution < 1.29 is 13.5 Å². The zero-order valence-corrected chi connectivity index (χ0v) is 13.1. The molecule has 1 aliphatic heterocycles. The molecule has 1 atom stereocenters. The Morgan fingerprint density at radius 1 is 1.48 bits per heavy atom. The van der Waals surface area contributed by atoms with Crippen molar-refractivity contribution in [3.8, 4) is 6.07 Å². The minimum absolute atomic E-state index is 0.0626. The van der Waals surface area contributed by atoms with E-state index in [9.17, 15) is 8.42 Å². The predicted octanol–water partition coefficient (Wildman–Crippen LogP) is 2.14. The summed E-state index contributed by atoms with van der Waals surface area (Å²) >= 11 is 5.92. The SMILES string of the molecule is N#Cc1ccc(S(=O)(=O)N2CCCC2CCCO)cc1Cl. The summed E-state index contributed by atoms with van der Waals surface area (Å²) in [5.41, 5.74) is 0.258. The highest BCUT2D eigenvalue weighted by Gasteiger charge is 2.34. The van der Waals surface area contributed by atoms with Crippen molar-refractivity contribution in [3.05, 3.63) is 28.8 Å². The van der Waals surface area contributed by atoms with Gasteiger partial charge in [0.15, 0.2) is 0 Å². The van der Waals surface area contributed by atoms with Crippen LogP contribution in [0.15, 0.2) is 23.1 Å². The van der Waals surface area contributed by atoms with Crippen LogP contribution in [0.25, 0.3) is 0 Å². The second kappa shape index (κ2) is 6.75. The molecule has 21 heavy (non-hydrogen) atoms. The Bertz CT molecular complexity index is 655. The molecule has 114 valence electrons. The average Bonchev–Trinajstić information content (AvgIpc) is 2.94. The van der Waals surface area contributed by atoms with Crippen LogP contribution in [0.5, 0.6) is 0 Å². The van der Waals surface area contributed by atoms with Crippen molar-refractivity contribution in [1.29, 1.82) is 5.26 Å². The number of aliphatic hydroxyl groups is 1. The van der Waals surface area contributed by atoms with Crippen molar-refractivity contribution in [2.75, 3.05) is 13.2 Å². The van der Waals surface area contributed by atoms with Gasteiger partial charge in [-0.3, -0.25) is 0 Å². The van der Waals surface area contributed by atoms with E-state index in [2.05, 4.69) is 0 Å². The molecule has 1 aromatic carbocycles. The highest BCUT2D eigenvalue weighted by Crippen LogP contribution is 2.30. The van der Waals surface area contributed by atoms with Gasteiger partial charge in [-0.2, -0.15) is 9.57 Å². The quantitative estimate of drug-likeness (QED) is 0.897. The Morgan fingerprint density at radius 3 is 2.86 bits per heavy atom. The van der Waals surface area contributed by atoms with Crippen molar-refractivity contribution >= 4 is 21.6 Å². The van der Waals surface area contributed by atoms with Gasteiger partial charge in [-0.25, -0.2) is 8.42 Å². The van der Waals surface area contributed by atoms with E-state index in [0.29, 0.717) is 19.4 Å². The Labute approximate surface area is 129 Å². The molecule has 0 spiro atoms. The number of benzene rings is 1. The van der Waals surface area contributed by atoms with Gasteiger partial charge >= 0.3 is 0 Å². The van der Waals surface area contributed by atoms with E-state index < -0.39 is 10.0 Å². The summed E-state index contributed by atoms with van der Waals surface area (Å²) in [4.78, 5) is 0.113. The molecule has 1 unspecified atom stereocenters. The number of hydrogen-bond donors (Lipinski definition) is 1. The van der Waals surface area contributed by atoms with E-state index in [0.717, 1.165) is 12.8 Å². The molecule has 1 aliphatic rings. The van der Waals surface area contributed by atoms with Gasteiger partial charge in [-0.15, -0.1) is 0 Å². The van der Waals surface area contributed by atoms with Gasteiger partial charge in [0.1, 0.15) is 6.07 Å². The van der Waals surface area contributed by atoms with Crippen molar-refractivity contribution in [1.82, 2.24) is 4.31 Å². The molecule has 1 saturated heterocycles. The highest BCUT2D eigenvalue weighted by atomic mass is 35.5. The maximum absolute atomic E-state index is 12.7.